The molecule has 76 valence electrons. The number of likely N-dealkylation sites (N-methyl/N-ethyl adjacent to an activating group) is 1. The average molecular weight is 181 g/mol. The number of piperidine rings is 1. The van der Waals surface area contributed by atoms with Crippen LogP contribution in [-0.4, -0.2) is 24.5 Å². The van der Waals surface area contributed by atoms with Gasteiger partial charge in [0.15, 0.2) is 0 Å². The smallest absolute Gasteiger partial charge is 0.0192 e. The van der Waals surface area contributed by atoms with Crippen LogP contribution in [0.5, 0.6) is 0 Å². The molecule has 0 aliphatic carbocycles. The highest BCUT2D eigenvalue weighted by atomic mass is 15.1. The van der Waals surface area contributed by atoms with E-state index in [1.807, 2.05) is 0 Å². The lowest BCUT2D eigenvalue weighted by molar-refractivity contribution is 0.277. The highest BCUT2D eigenvalue weighted by Gasteiger charge is 2.15. The first-order chi connectivity index (χ1) is 6.01. The minimum atomic E-state index is 0.353. The number of likely N-dealkylation sites (tertiary alicyclic amines) is 1. The van der Waals surface area contributed by atoms with Crippen molar-refractivity contribution in [3.8, 4) is 0 Å². The summed E-state index contributed by atoms with van der Waals surface area (Å²) in [5.74, 6) is 0. The number of allylic oxidation sites excluding steroid dienone is 1. The fourth-order valence-electron chi connectivity index (χ4n) is 1.98. The third-order valence-electron chi connectivity index (χ3n) is 2.48. The molecule has 1 aliphatic rings. The summed E-state index contributed by atoms with van der Waals surface area (Å²) in [4.78, 5) is 2.53. The molecular formula is C12H23N. The standard InChI is InChI=1S/C12H23N/c1-5-13-8-6-7-11(10-13)9-12(2,3)4/h9H,5-8,10H2,1-4H3/b11-9+. The molecule has 1 saturated heterocycles. The second-order valence-electron chi connectivity index (χ2n) is 5.14. The molecule has 0 spiro atoms. The molecule has 0 aromatic carbocycles. The molecule has 0 aromatic rings. The van der Waals surface area contributed by atoms with Gasteiger partial charge in [-0.05, 0) is 31.3 Å². The Hall–Kier alpha value is -0.300. The van der Waals surface area contributed by atoms with Crippen molar-refractivity contribution in [2.75, 3.05) is 19.6 Å². The van der Waals surface area contributed by atoms with Crippen LogP contribution in [0, 0.1) is 5.41 Å². The molecule has 0 N–H and O–H groups in total. The Kier molecular flexibility index (Phi) is 3.55. The molecule has 1 rings (SSSR count). The van der Waals surface area contributed by atoms with Crippen molar-refractivity contribution < 1.29 is 0 Å². The minimum absolute atomic E-state index is 0.353. The molecule has 1 heterocycles. The van der Waals surface area contributed by atoms with Gasteiger partial charge >= 0.3 is 0 Å². The second kappa shape index (κ2) is 4.28. The van der Waals surface area contributed by atoms with Crippen LogP contribution in [0.2, 0.25) is 0 Å². The summed E-state index contributed by atoms with van der Waals surface area (Å²) in [6, 6.07) is 0. The molecule has 0 bridgehead atoms. The van der Waals surface area contributed by atoms with E-state index >= 15 is 0 Å². The van der Waals surface area contributed by atoms with Crippen LogP contribution < -0.4 is 0 Å². The largest absolute Gasteiger partial charge is 0.300 e. The summed E-state index contributed by atoms with van der Waals surface area (Å²) in [6.45, 7) is 12.8. The van der Waals surface area contributed by atoms with Gasteiger partial charge in [-0.2, -0.15) is 0 Å². The zero-order valence-corrected chi connectivity index (χ0v) is 9.56. The van der Waals surface area contributed by atoms with Crippen molar-refractivity contribution >= 4 is 0 Å². The fraction of sp³-hybridized carbons (Fsp3) is 0.833. The highest BCUT2D eigenvalue weighted by Crippen LogP contribution is 2.23. The summed E-state index contributed by atoms with van der Waals surface area (Å²) >= 11 is 0. The maximum atomic E-state index is 2.53. The lowest BCUT2D eigenvalue weighted by atomic mass is 9.90. The summed E-state index contributed by atoms with van der Waals surface area (Å²) in [6.07, 6.45) is 5.11. The number of hydrogen-bond acceptors (Lipinski definition) is 1. The number of hydrogen-bond donors (Lipinski definition) is 0. The fourth-order valence-corrected chi connectivity index (χ4v) is 1.98. The van der Waals surface area contributed by atoms with Gasteiger partial charge in [0.1, 0.15) is 0 Å². The van der Waals surface area contributed by atoms with E-state index in [0.29, 0.717) is 5.41 Å². The molecule has 1 fully saturated rings. The van der Waals surface area contributed by atoms with E-state index in [1.54, 1.807) is 5.57 Å². The van der Waals surface area contributed by atoms with Gasteiger partial charge in [0.05, 0.1) is 0 Å². The van der Waals surface area contributed by atoms with Crippen LogP contribution in [0.4, 0.5) is 0 Å². The topological polar surface area (TPSA) is 3.24 Å². The van der Waals surface area contributed by atoms with Crippen LogP contribution in [0.3, 0.4) is 0 Å². The Labute approximate surface area is 82.8 Å². The predicted molar refractivity (Wildman–Crippen MR) is 58.9 cm³/mol. The molecule has 1 aliphatic heterocycles. The summed E-state index contributed by atoms with van der Waals surface area (Å²) in [5, 5.41) is 0. The lowest BCUT2D eigenvalue weighted by Gasteiger charge is -2.29. The van der Waals surface area contributed by atoms with Gasteiger partial charge in [-0.3, -0.25) is 4.90 Å². The highest BCUT2D eigenvalue weighted by molar-refractivity contribution is 5.10. The molecule has 0 saturated carbocycles. The third kappa shape index (κ3) is 3.95. The van der Waals surface area contributed by atoms with Crippen molar-refractivity contribution in [2.45, 2.75) is 40.5 Å². The molecule has 0 unspecified atom stereocenters. The zero-order valence-electron chi connectivity index (χ0n) is 9.56. The van der Waals surface area contributed by atoms with Gasteiger partial charge in [0.25, 0.3) is 0 Å². The van der Waals surface area contributed by atoms with Gasteiger partial charge < -0.3 is 0 Å². The summed E-state index contributed by atoms with van der Waals surface area (Å²) in [7, 11) is 0. The maximum absolute atomic E-state index is 2.53. The maximum Gasteiger partial charge on any atom is 0.0192 e. The van der Waals surface area contributed by atoms with E-state index in [1.165, 1.54) is 32.5 Å². The van der Waals surface area contributed by atoms with Gasteiger partial charge in [-0.15, -0.1) is 0 Å². The molecule has 13 heavy (non-hydrogen) atoms. The molecule has 0 radical (unpaired) electrons. The van der Waals surface area contributed by atoms with E-state index in [-0.39, 0.29) is 0 Å². The first kappa shape index (κ1) is 10.8. The van der Waals surface area contributed by atoms with Gasteiger partial charge in [0, 0.05) is 6.54 Å². The quantitative estimate of drug-likeness (QED) is 0.562. The van der Waals surface area contributed by atoms with Crippen molar-refractivity contribution in [1.82, 2.24) is 4.90 Å². The number of rotatable bonds is 1. The lowest BCUT2D eigenvalue weighted by Crippen LogP contribution is -2.31. The van der Waals surface area contributed by atoms with Crippen LogP contribution in [0.15, 0.2) is 11.6 Å². The normalized spacial score (nSPS) is 23.8. The van der Waals surface area contributed by atoms with Crippen molar-refractivity contribution in [3.63, 3.8) is 0 Å². The monoisotopic (exact) mass is 181 g/mol. The van der Waals surface area contributed by atoms with Gasteiger partial charge in [-0.25, -0.2) is 0 Å². The first-order valence-electron chi connectivity index (χ1n) is 5.44. The van der Waals surface area contributed by atoms with Gasteiger partial charge in [0.2, 0.25) is 0 Å². The molecule has 1 nitrogen and oxygen atoms in total. The van der Waals surface area contributed by atoms with Crippen molar-refractivity contribution in [3.05, 3.63) is 11.6 Å². The Morgan fingerprint density at radius 3 is 2.62 bits per heavy atom. The van der Waals surface area contributed by atoms with E-state index < -0.39 is 0 Å². The number of nitrogens with zero attached hydrogens (tertiary/aromatic N) is 1. The van der Waals surface area contributed by atoms with Crippen molar-refractivity contribution in [2.24, 2.45) is 5.41 Å². The Bertz CT molecular complexity index is 186. The van der Waals surface area contributed by atoms with E-state index in [4.69, 9.17) is 0 Å². The third-order valence-corrected chi connectivity index (χ3v) is 2.48. The van der Waals surface area contributed by atoms with Crippen LogP contribution in [0.1, 0.15) is 40.5 Å². The Balaban J connectivity index is 2.56. The molecule has 0 amide bonds. The molecule has 0 atom stereocenters. The zero-order chi connectivity index (χ0) is 9.90. The predicted octanol–water partition coefficient (Wildman–Crippen LogP) is 3.07. The minimum Gasteiger partial charge on any atom is -0.300 e. The van der Waals surface area contributed by atoms with E-state index in [9.17, 15) is 0 Å². The van der Waals surface area contributed by atoms with E-state index in [0.717, 1.165) is 0 Å². The van der Waals surface area contributed by atoms with Crippen LogP contribution >= 0.6 is 0 Å². The Morgan fingerprint density at radius 1 is 1.38 bits per heavy atom. The molecule has 0 aromatic heterocycles. The van der Waals surface area contributed by atoms with Crippen molar-refractivity contribution in [1.29, 1.82) is 0 Å². The Morgan fingerprint density at radius 2 is 2.08 bits per heavy atom. The summed E-state index contributed by atoms with van der Waals surface area (Å²) < 4.78 is 0. The van der Waals surface area contributed by atoms with E-state index in [2.05, 4.69) is 38.7 Å². The molecular weight excluding hydrogens is 158 g/mol. The average Bonchev–Trinajstić information content (AvgIpc) is 2.01. The SMILES string of the molecule is CCN1CCC/C(=C\C(C)(C)C)C1. The van der Waals surface area contributed by atoms with Crippen LogP contribution in [0.25, 0.3) is 0 Å². The first-order valence-corrected chi connectivity index (χ1v) is 5.44. The van der Waals surface area contributed by atoms with Crippen LogP contribution in [-0.2, 0) is 0 Å². The second-order valence-corrected chi connectivity index (χ2v) is 5.14. The van der Waals surface area contributed by atoms with Gasteiger partial charge in [-0.1, -0.05) is 39.3 Å². The summed E-state index contributed by atoms with van der Waals surface area (Å²) in [5.41, 5.74) is 1.99. The molecule has 1 heteroatoms.